The Balaban J connectivity index is 2.11. The minimum atomic E-state index is 0.155. The lowest BCUT2D eigenvalue weighted by molar-refractivity contribution is 0.0883. The highest BCUT2D eigenvalue weighted by Crippen LogP contribution is 2.27. The SMILES string of the molecule is Cc1ccncc1C(=O)C1CCC(N)CC1. The van der Waals surface area contributed by atoms with Gasteiger partial charge in [0, 0.05) is 29.9 Å². The van der Waals surface area contributed by atoms with Crippen molar-refractivity contribution in [1.82, 2.24) is 4.98 Å². The first kappa shape index (κ1) is 11.3. The first-order chi connectivity index (χ1) is 7.68. The van der Waals surface area contributed by atoms with Crippen molar-refractivity contribution in [2.75, 3.05) is 0 Å². The van der Waals surface area contributed by atoms with Crippen LogP contribution in [-0.4, -0.2) is 16.8 Å². The average molecular weight is 218 g/mol. The second kappa shape index (κ2) is 4.74. The van der Waals surface area contributed by atoms with Gasteiger partial charge in [0.25, 0.3) is 0 Å². The highest BCUT2D eigenvalue weighted by molar-refractivity contribution is 5.98. The summed E-state index contributed by atoms with van der Waals surface area (Å²) in [4.78, 5) is 16.3. The van der Waals surface area contributed by atoms with Crippen LogP contribution >= 0.6 is 0 Å². The second-order valence-corrected chi connectivity index (χ2v) is 4.67. The van der Waals surface area contributed by atoms with E-state index < -0.39 is 0 Å². The number of Topliss-reactive ketones (excluding diaryl/α,β-unsaturated/α-hetero) is 1. The van der Waals surface area contributed by atoms with E-state index in [1.54, 1.807) is 12.4 Å². The van der Waals surface area contributed by atoms with Crippen LogP contribution in [0.1, 0.15) is 41.6 Å². The largest absolute Gasteiger partial charge is 0.328 e. The van der Waals surface area contributed by atoms with Gasteiger partial charge in [-0.25, -0.2) is 0 Å². The molecule has 86 valence electrons. The van der Waals surface area contributed by atoms with Crippen LogP contribution in [0.4, 0.5) is 0 Å². The summed E-state index contributed by atoms with van der Waals surface area (Å²) in [6.45, 7) is 1.96. The molecule has 3 heteroatoms. The van der Waals surface area contributed by atoms with E-state index in [0.29, 0.717) is 6.04 Å². The Kier molecular flexibility index (Phi) is 3.34. The monoisotopic (exact) mass is 218 g/mol. The highest BCUT2D eigenvalue weighted by Gasteiger charge is 2.26. The van der Waals surface area contributed by atoms with Gasteiger partial charge in [-0.15, -0.1) is 0 Å². The number of hydrogen-bond acceptors (Lipinski definition) is 3. The summed E-state index contributed by atoms with van der Waals surface area (Å²) < 4.78 is 0. The van der Waals surface area contributed by atoms with Crippen LogP contribution in [0.3, 0.4) is 0 Å². The van der Waals surface area contributed by atoms with Crippen molar-refractivity contribution >= 4 is 5.78 Å². The molecular formula is C13H18N2O. The summed E-state index contributed by atoms with van der Waals surface area (Å²) in [6.07, 6.45) is 7.20. The molecular weight excluding hydrogens is 200 g/mol. The van der Waals surface area contributed by atoms with Crippen molar-refractivity contribution in [3.63, 3.8) is 0 Å². The number of ketones is 1. The minimum absolute atomic E-state index is 0.155. The molecule has 3 nitrogen and oxygen atoms in total. The predicted octanol–water partition coefficient (Wildman–Crippen LogP) is 2.09. The number of carbonyl (C=O) groups is 1. The Morgan fingerprint density at radius 1 is 1.38 bits per heavy atom. The molecule has 2 N–H and O–H groups in total. The summed E-state index contributed by atoms with van der Waals surface area (Å²) in [5.74, 6) is 0.403. The Labute approximate surface area is 96.1 Å². The molecule has 0 aromatic carbocycles. The first-order valence-corrected chi connectivity index (χ1v) is 5.89. The van der Waals surface area contributed by atoms with E-state index in [0.717, 1.165) is 36.8 Å². The Bertz CT molecular complexity index is 381. The number of nitrogens with two attached hydrogens (primary N) is 1. The number of pyridine rings is 1. The lowest BCUT2D eigenvalue weighted by atomic mass is 9.81. The van der Waals surface area contributed by atoms with Gasteiger partial charge in [-0.05, 0) is 44.2 Å². The molecule has 1 aliphatic carbocycles. The van der Waals surface area contributed by atoms with Crippen LogP contribution in [0.5, 0.6) is 0 Å². The molecule has 0 spiro atoms. The van der Waals surface area contributed by atoms with Crippen molar-refractivity contribution in [2.24, 2.45) is 11.7 Å². The molecule has 1 saturated carbocycles. The molecule has 0 amide bonds. The van der Waals surface area contributed by atoms with Gasteiger partial charge in [0.1, 0.15) is 0 Å². The van der Waals surface area contributed by atoms with E-state index in [2.05, 4.69) is 4.98 Å². The third-order valence-electron chi connectivity index (χ3n) is 3.45. The molecule has 1 heterocycles. The fourth-order valence-corrected chi connectivity index (χ4v) is 2.32. The molecule has 1 aliphatic rings. The average Bonchev–Trinajstić information content (AvgIpc) is 2.30. The highest BCUT2D eigenvalue weighted by atomic mass is 16.1. The predicted molar refractivity (Wildman–Crippen MR) is 63.2 cm³/mol. The van der Waals surface area contributed by atoms with Crippen molar-refractivity contribution in [3.05, 3.63) is 29.6 Å². The first-order valence-electron chi connectivity index (χ1n) is 5.89. The zero-order chi connectivity index (χ0) is 11.5. The number of hydrogen-bond donors (Lipinski definition) is 1. The van der Waals surface area contributed by atoms with Gasteiger partial charge in [-0.3, -0.25) is 9.78 Å². The van der Waals surface area contributed by atoms with E-state index in [1.807, 2.05) is 13.0 Å². The van der Waals surface area contributed by atoms with E-state index >= 15 is 0 Å². The Morgan fingerprint density at radius 2 is 2.06 bits per heavy atom. The molecule has 0 aliphatic heterocycles. The van der Waals surface area contributed by atoms with E-state index in [4.69, 9.17) is 5.73 Å². The number of aromatic nitrogens is 1. The van der Waals surface area contributed by atoms with E-state index in [1.165, 1.54) is 0 Å². The van der Waals surface area contributed by atoms with Crippen LogP contribution in [0, 0.1) is 12.8 Å². The summed E-state index contributed by atoms with van der Waals surface area (Å²) in [5, 5.41) is 0. The van der Waals surface area contributed by atoms with Gasteiger partial charge in [-0.2, -0.15) is 0 Å². The van der Waals surface area contributed by atoms with E-state index in [9.17, 15) is 4.79 Å². The van der Waals surface area contributed by atoms with Crippen LogP contribution in [0.2, 0.25) is 0 Å². The van der Waals surface area contributed by atoms with Gasteiger partial charge in [-0.1, -0.05) is 0 Å². The third-order valence-corrected chi connectivity index (χ3v) is 3.45. The van der Waals surface area contributed by atoms with Gasteiger partial charge in [0.2, 0.25) is 0 Å². The number of carbonyl (C=O) groups excluding carboxylic acids is 1. The molecule has 1 fully saturated rings. The van der Waals surface area contributed by atoms with Gasteiger partial charge < -0.3 is 5.73 Å². The quantitative estimate of drug-likeness (QED) is 0.773. The van der Waals surface area contributed by atoms with Crippen molar-refractivity contribution in [3.8, 4) is 0 Å². The fraction of sp³-hybridized carbons (Fsp3) is 0.538. The molecule has 0 saturated heterocycles. The molecule has 0 atom stereocenters. The van der Waals surface area contributed by atoms with Gasteiger partial charge in [0.05, 0.1) is 0 Å². The van der Waals surface area contributed by atoms with Crippen LogP contribution in [-0.2, 0) is 0 Å². The Hall–Kier alpha value is -1.22. The number of rotatable bonds is 2. The summed E-state index contributed by atoms with van der Waals surface area (Å²) in [6, 6.07) is 2.18. The van der Waals surface area contributed by atoms with Crippen LogP contribution in [0.15, 0.2) is 18.5 Å². The Morgan fingerprint density at radius 3 is 2.69 bits per heavy atom. The third kappa shape index (κ3) is 2.30. The molecule has 0 radical (unpaired) electrons. The maximum atomic E-state index is 12.2. The maximum absolute atomic E-state index is 12.2. The number of nitrogens with zero attached hydrogens (tertiary/aromatic N) is 1. The standard InChI is InChI=1S/C13H18N2O/c1-9-6-7-15-8-12(9)13(16)10-2-4-11(14)5-3-10/h6-8,10-11H,2-5,14H2,1H3. The molecule has 16 heavy (non-hydrogen) atoms. The van der Waals surface area contributed by atoms with Crippen molar-refractivity contribution in [2.45, 2.75) is 38.6 Å². The molecule has 0 unspecified atom stereocenters. The summed E-state index contributed by atoms with van der Waals surface area (Å²) in [7, 11) is 0. The lowest BCUT2D eigenvalue weighted by Gasteiger charge is -2.25. The fourth-order valence-electron chi connectivity index (χ4n) is 2.32. The summed E-state index contributed by atoms with van der Waals surface area (Å²) >= 11 is 0. The van der Waals surface area contributed by atoms with Gasteiger partial charge in [0.15, 0.2) is 5.78 Å². The topological polar surface area (TPSA) is 56.0 Å². The second-order valence-electron chi connectivity index (χ2n) is 4.67. The minimum Gasteiger partial charge on any atom is -0.328 e. The zero-order valence-electron chi connectivity index (χ0n) is 9.65. The smallest absolute Gasteiger partial charge is 0.167 e. The molecule has 0 bridgehead atoms. The normalized spacial score (nSPS) is 25.4. The van der Waals surface area contributed by atoms with Crippen LogP contribution < -0.4 is 5.73 Å². The van der Waals surface area contributed by atoms with Crippen LogP contribution in [0.25, 0.3) is 0 Å². The lowest BCUT2D eigenvalue weighted by Crippen LogP contribution is -2.30. The van der Waals surface area contributed by atoms with E-state index in [-0.39, 0.29) is 11.7 Å². The maximum Gasteiger partial charge on any atom is 0.167 e. The molecule has 1 aromatic heterocycles. The molecule has 2 rings (SSSR count). The molecule has 1 aromatic rings. The number of aryl methyl sites for hydroxylation is 1. The van der Waals surface area contributed by atoms with Crippen molar-refractivity contribution in [1.29, 1.82) is 0 Å². The van der Waals surface area contributed by atoms with Gasteiger partial charge >= 0.3 is 0 Å². The summed E-state index contributed by atoms with van der Waals surface area (Å²) in [5.41, 5.74) is 7.65. The zero-order valence-corrected chi connectivity index (χ0v) is 9.65. The van der Waals surface area contributed by atoms with Crippen molar-refractivity contribution < 1.29 is 4.79 Å².